The molecule has 0 aliphatic carbocycles. The van der Waals surface area contributed by atoms with E-state index < -0.39 is 5.92 Å². The molecule has 3 aromatic rings. The number of nitrogens with zero attached hydrogens (tertiary/aromatic N) is 2. The molecule has 2 aromatic heterocycles. The highest BCUT2D eigenvalue weighted by atomic mass is 79.9. The Labute approximate surface area is 156 Å². The lowest BCUT2D eigenvalue weighted by molar-refractivity contribution is -0.116. The fourth-order valence-electron chi connectivity index (χ4n) is 3.13. The number of aryl methyl sites for hydroxylation is 1. The summed E-state index contributed by atoms with van der Waals surface area (Å²) >= 11 is 4.81. The van der Waals surface area contributed by atoms with Gasteiger partial charge in [-0.2, -0.15) is 5.10 Å². The molecule has 4 rings (SSSR count). The van der Waals surface area contributed by atoms with Gasteiger partial charge in [-0.1, -0.05) is 22.0 Å². The third-order valence-corrected chi connectivity index (χ3v) is 5.67. The van der Waals surface area contributed by atoms with Crippen LogP contribution >= 0.6 is 27.3 Å². The quantitative estimate of drug-likeness (QED) is 0.647. The molecule has 1 aliphatic rings. The van der Waals surface area contributed by atoms with Crippen molar-refractivity contribution in [1.29, 1.82) is 0 Å². The van der Waals surface area contributed by atoms with Crippen LogP contribution < -0.4 is 5.32 Å². The largest absolute Gasteiger partial charge is 0.310 e. The van der Waals surface area contributed by atoms with E-state index >= 15 is 0 Å². The molecular weight excluding hydrogens is 402 g/mol. The first kappa shape index (κ1) is 16.2. The zero-order valence-electron chi connectivity index (χ0n) is 13.3. The molecule has 0 fully saturated rings. The number of halogens is 1. The second-order valence-electron chi connectivity index (χ2n) is 5.88. The van der Waals surface area contributed by atoms with E-state index in [1.54, 1.807) is 10.7 Å². The monoisotopic (exact) mass is 415 g/mol. The van der Waals surface area contributed by atoms with Gasteiger partial charge in [0.1, 0.15) is 5.82 Å². The highest BCUT2D eigenvalue weighted by Gasteiger charge is 2.36. The Morgan fingerprint density at radius 1 is 1.32 bits per heavy atom. The molecule has 5 nitrogen and oxygen atoms in total. The number of anilines is 1. The van der Waals surface area contributed by atoms with Gasteiger partial charge >= 0.3 is 0 Å². The van der Waals surface area contributed by atoms with Crippen LogP contribution in [0.5, 0.6) is 0 Å². The number of nitrogens with one attached hydrogen (secondary N) is 1. The molecule has 25 heavy (non-hydrogen) atoms. The van der Waals surface area contributed by atoms with Crippen molar-refractivity contribution in [3.05, 3.63) is 62.4 Å². The second kappa shape index (κ2) is 6.24. The van der Waals surface area contributed by atoms with Crippen LogP contribution in [0.25, 0.3) is 5.69 Å². The molecule has 1 N–H and O–H groups in total. The van der Waals surface area contributed by atoms with Crippen LogP contribution in [-0.4, -0.2) is 21.5 Å². The molecule has 7 heteroatoms. The van der Waals surface area contributed by atoms with Gasteiger partial charge < -0.3 is 5.32 Å². The molecule has 3 heterocycles. The van der Waals surface area contributed by atoms with Gasteiger partial charge in [-0.3, -0.25) is 9.59 Å². The smallest absolute Gasteiger partial charge is 0.226 e. The highest BCUT2D eigenvalue weighted by Crippen LogP contribution is 2.38. The predicted octanol–water partition coefficient (Wildman–Crippen LogP) is 4.31. The van der Waals surface area contributed by atoms with E-state index in [9.17, 15) is 9.59 Å². The normalized spacial score (nSPS) is 16.4. The summed E-state index contributed by atoms with van der Waals surface area (Å²) in [7, 11) is 0. The number of fused-ring (bicyclic) bond motifs is 1. The van der Waals surface area contributed by atoms with Crippen molar-refractivity contribution in [3.63, 3.8) is 0 Å². The number of carbonyl (C=O) groups is 2. The number of Topliss-reactive ketones (excluding diaryl/α,β-unsaturated/α-hetero) is 1. The van der Waals surface area contributed by atoms with Crippen molar-refractivity contribution >= 4 is 44.8 Å². The van der Waals surface area contributed by atoms with Crippen molar-refractivity contribution < 1.29 is 9.59 Å². The number of hydrogen-bond donors (Lipinski definition) is 1. The highest BCUT2D eigenvalue weighted by molar-refractivity contribution is 9.10. The van der Waals surface area contributed by atoms with Crippen molar-refractivity contribution in [2.75, 3.05) is 5.32 Å². The zero-order valence-corrected chi connectivity index (χ0v) is 15.7. The molecular formula is C18H14BrN3O2S. The van der Waals surface area contributed by atoms with Crippen LogP contribution in [0.2, 0.25) is 0 Å². The number of thiophene rings is 1. The van der Waals surface area contributed by atoms with Crippen molar-refractivity contribution in [2.45, 2.75) is 19.3 Å². The number of amides is 1. The first-order chi connectivity index (χ1) is 12.0. The summed E-state index contributed by atoms with van der Waals surface area (Å²) in [6.07, 6.45) is 0.149. The molecule has 1 aromatic carbocycles. The fraction of sp³-hybridized carbons (Fsp3) is 0.167. The van der Waals surface area contributed by atoms with Crippen molar-refractivity contribution in [1.82, 2.24) is 9.78 Å². The molecule has 0 saturated heterocycles. The topological polar surface area (TPSA) is 64.0 Å². The molecule has 1 atom stereocenters. The molecule has 1 amide bonds. The third kappa shape index (κ3) is 2.83. The Balaban J connectivity index is 1.83. The Hall–Kier alpha value is -2.25. The molecule has 126 valence electrons. The lowest BCUT2D eigenvalue weighted by Crippen LogP contribution is -2.28. The number of benzene rings is 1. The molecule has 0 saturated carbocycles. The number of aromatic nitrogens is 2. The SMILES string of the molecule is Cc1nn(-c2ccc(Br)cc2)c2c1[C@@H](C(=O)c1cccs1)CC(=O)N2. The number of ketones is 1. The average Bonchev–Trinajstić information content (AvgIpc) is 3.23. The van der Waals surface area contributed by atoms with E-state index in [0.717, 1.165) is 21.4 Å². The van der Waals surface area contributed by atoms with Crippen LogP contribution in [0, 0.1) is 6.92 Å². The fourth-order valence-corrected chi connectivity index (χ4v) is 4.11. The van der Waals surface area contributed by atoms with Crippen LogP contribution in [0.3, 0.4) is 0 Å². The van der Waals surface area contributed by atoms with Crippen molar-refractivity contribution in [3.8, 4) is 5.69 Å². The first-order valence-corrected chi connectivity index (χ1v) is 9.45. The van der Waals surface area contributed by atoms with Crippen LogP contribution in [0.1, 0.15) is 33.3 Å². The van der Waals surface area contributed by atoms with E-state index in [2.05, 4.69) is 26.3 Å². The van der Waals surface area contributed by atoms with Crippen LogP contribution in [0.15, 0.2) is 46.3 Å². The molecule has 0 radical (unpaired) electrons. The summed E-state index contributed by atoms with van der Waals surface area (Å²) in [4.78, 5) is 25.8. The van der Waals surface area contributed by atoms with Gasteiger partial charge in [0.15, 0.2) is 5.78 Å². The maximum atomic E-state index is 12.9. The Bertz CT molecular complexity index is 961. The van der Waals surface area contributed by atoms with Gasteiger partial charge in [-0.25, -0.2) is 4.68 Å². The molecule has 0 unspecified atom stereocenters. The van der Waals surface area contributed by atoms with Gasteiger partial charge in [0.2, 0.25) is 5.91 Å². The molecule has 0 spiro atoms. The third-order valence-electron chi connectivity index (χ3n) is 4.25. The van der Waals surface area contributed by atoms with Gasteiger partial charge in [0, 0.05) is 16.5 Å². The number of hydrogen-bond acceptors (Lipinski definition) is 4. The first-order valence-electron chi connectivity index (χ1n) is 7.77. The molecule has 1 aliphatic heterocycles. The second-order valence-corrected chi connectivity index (χ2v) is 7.75. The Morgan fingerprint density at radius 2 is 2.08 bits per heavy atom. The van der Waals surface area contributed by atoms with Gasteiger partial charge in [0.25, 0.3) is 0 Å². The summed E-state index contributed by atoms with van der Waals surface area (Å²) in [6.45, 7) is 1.88. The van der Waals surface area contributed by atoms with Gasteiger partial charge in [-0.15, -0.1) is 11.3 Å². The average molecular weight is 416 g/mol. The number of carbonyl (C=O) groups excluding carboxylic acids is 2. The summed E-state index contributed by atoms with van der Waals surface area (Å²) in [5.41, 5.74) is 2.39. The lowest BCUT2D eigenvalue weighted by atomic mass is 9.87. The summed E-state index contributed by atoms with van der Waals surface area (Å²) in [5.74, 6) is -0.0946. The van der Waals surface area contributed by atoms with E-state index in [-0.39, 0.29) is 18.1 Å². The summed E-state index contributed by atoms with van der Waals surface area (Å²) < 4.78 is 2.66. The maximum absolute atomic E-state index is 12.9. The minimum Gasteiger partial charge on any atom is -0.310 e. The minimum absolute atomic E-state index is 0.0236. The Morgan fingerprint density at radius 3 is 2.76 bits per heavy atom. The summed E-state index contributed by atoms with van der Waals surface area (Å²) in [5, 5.41) is 9.34. The van der Waals surface area contributed by atoms with Crippen LogP contribution in [0.4, 0.5) is 5.82 Å². The van der Waals surface area contributed by atoms with E-state index in [0.29, 0.717) is 10.7 Å². The Kier molecular flexibility index (Phi) is 4.05. The maximum Gasteiger partial charge on any atom is 0.226 e. The van der Waals surface area contributed by atoms with Gasteiger partial charge in [-0.05, 0) is 42.6 Å². The van der Waals surface area contributed by atoms with E-state index in [1.165, 1.54) is 11.3 Å². The van der Waals surface area contributed by atoms with Crippen molar-refractivity contribution in [2.24, 2.45) is 0 Å². The van der Waals surface area contributed by atoms with E-state index in [4.69, 9.17) is 0 Å². The number of rotatable bonds is 3. The standard InChI is InChI=1S/C18H14BrN3O2S/c1-10-16-13(17(24)14-3-2-8-25-14)9-15(23)20-18(16)22(21-10)12-6-4-11(19)5-7-12/h2-8,13H,9H2,1H3,(H,20,23)/t13-/m0/s1. The van der Waals surface area contributed by atoms with E-state index in [1.807, 2.05) is 42.6 Å². The zero-order chi connectivity index (χ0) is 17.6. The summed E-state index contributed by atoms with van der Waals surface area (Å²) in [6, 6.07) is 11.3. The predicted molar refractivity (Wildman–Crippen MR) is 101 cm³/mol. The molecule has 0 bridgehead atoms. The minimum atomic E-state index is -0.494. The lowest BCUT2D eigenvalue weighted by Gasteiger charge is -2.22. The van der Waals surface area contributed by atoms with Crippen LogP contribution in [-0.2, 0) is 4.79 Å². The van der Waals surface area contributed by atoms with Gasteiger partial charge in [0.05, 0.1) is 22.2 Å².